The third-order valence-corrected chi connectivity index (χ3v) is 3.65. The van der Waals surface area contributed by atoms with E-state index in [9.17, 15) is 9.59 Å². The standard InChI is InChI=1S/C16H14O2/c17-15-10-14(11-6-2-1-3-7-11)12-8-4-5-9-13(12)16(15)18/h2,4-6,8-11H,1,3,7H2/t11-/m0/s1. The number of hydrogen-bond donors (Lipinski definition) is 0. The first-order valence-corrected chi connectivity index (χ1v) is 6.33. The van der Waals surface area contributed by atoms with Crippen LogP contribution in [0.4, 0.5) is 0 Å². The van der Waals surface area contributed by atoms with Crippen LogP contribution in [0.1, 0.15) is 35.2 Å². The zero-order valence-corrected chi connectivity index (χ0v) is 10.1. The average Bonchev–Trinajstić information content (AvgIpc) is 2.44. The number of fused-ring (bicyclic) bond motifs is 1. The first-order chi connectivity index (χ1) is 8.77. The Morgan fingerprint density at radius 3 is 2.56 bits per heavy atom. The number of carbonyl (C=O) groups excluding carboxylic acids is 2. The van der Waals surface area contributed by atoms with Gasteiger partial charge in [-0.25, -0.2) is 0 Å². The largest absolute Gasteiger partial charge is 0.286 e. The normalized spacial score (nSPS) is 22.7. The molecule has 2 aliphatic rings. The van der Waals surface area contributed by atoms with E-state index in [4.69, 9.17) is 0 Å². The molecule has 2 nitrogen and oxygen atoms in total. The first kappa shape index (κ1) is 11.1. The minimum absolute atomic E-state index is 0.275. The molecule has 0 N–H and O–H groups in total. The Labute approximate surface area is 106 Å². The maximum absolute atomic E-state index is 11.8. The molecular weight excluding hydrogens is 224 g/mol. The Kier molecular flexibility index (Phi) is 2.71. The van der Waals surface area contributed by atoms with E-state index in [1.165, 1.54) is 6.08 Å². The van der Waals surface area contributed by atoms with Crippen molar-refractivity contribution in [2.24, 2.45) is 5.92 Å². The number of ketones is 2. The molecule has 1 aromatic carbocycles. The Hall–Kier alpha value is -1.96. The summed E-state index contributed by atoms with van der Waals surface area (Å²) < 4.78 is 0. The van der Waals surface area contributed by atoms with Gasteiger partial charge < -0.3 is 0 Å². The van der Waals surface area contributed by atoms with Crippen molar-refractivity contribution in [3.8, 4) is 0 Å². The molecule has 1 atom stereocenters. The summed E-state index contributed by atoms with van der Waals surface area (Å²) in [5, 5.41) is 0. The zero-order valence-electron chi connectivity index (χ0n) is 10.1. The highest BCUT2D eigenvalue weighted by molar-refractivity contribution is 6.50. The smallest absolute Gasteiger partial charge is 0.233 e. The SMILES string of the molecule is O=C1C=C([C@H]2C=CCCC2)c2ccccc2C1=O. The third kappa shape index (κ3) is 1.74. The summed E-state index contributed by atoms with van der Waals surface area (Å²) >= 11 is 0. The Morgan fingerprint density at radius 2 is 1.83 bits per heavy atom. The monoisotopic (exact) mass is 238 g/mol. The summed E-state index contributed by atoms with van der Waals surface area (Å²) in [5.74, 6) is -0.492. The fraction of sp³-hybridized carbons (Fsp3) is 0.250. The molecular formula is C16H14O2. The van der Waals surface area contributed by atoms with Gasteiger partial charge in [0, 0.05) is 11.5 Å². The van der Waals surface area contributed by atoms with Crippen LogP contribution in [0.25, 0.3) is 5.57 Å². The van der Waals surface area contributed by atoms with Crippen LogP contribution in [-0.2, 0) is 4.79 Å². The van der Waals surface area contributed by atoms with Crippen molar-refractivity contribution in [1.82, 2.24) is 0 Å². The maximum atomic E-state index is 11.8. The second-order valence-electron chi connectivity index (χ2n) is 4.80. The number of Topliss-reactive ketones (excluding diaryl/α,β-unsaturated/α-hetero) is 1. The lowest BCUT2D eigenvalue weighted by Gasteiger charge is -2.24. The molecule has 0 bridgehead atoms. The van der Waals surface area contributed by atoms with E-state index in [0.717, 1.165) is 30.4 Å². The number of benzene rings is 1. The highest BCUT2D eigenvalue weighted by atomic mass is 16.2. The van der Waals surface area contributed by atoms with Crippen LogP contribution < -0.4 is 0 Å². The molecule has 0 amide bonds. The molecule has 0 radical (unpaired) electrons. The molecule has 0 saturated carbocycles. The van der Waals surface area contributed by atoms with Gasteiger partial charge in [-0.1, -0.05) is 36.4 Å². The third-order valence-electron chi connectivity index (χ3n) is 3.65. The van der Waals surface area contributed by atoms with Gasteiger partial charge in [-0.2, -0.15) is 0 Å². The van der Waals surface area contributed by atoms with Gasteiger partial charge in [-0.15, -0.1) is 0 Å². The van der Waals surface area contributed by atoms with E-state index >= 15 is 0 Å². The van der Waals surface area contributed by atoms with E-state index in [2.05, 4.69) is 12.2 Å². The van der Waals surface area contributed by atoms with Gasteiger partial charge in [0.15, 0.2) is 0 Å². The molecule has 18 heavy (non-hydrogen) atoms. The molecule has 1 aromatic rings. The minimum Gasteiger partial charge on any atom is -0.286 e. The van der Waals surface area contributed by atoms with Crippen molar-refractivity contribution in [2.45, 2.75) is 19.3 Å². The second-order valence-corrected chi connectivity index (χ2v) is 4.80. The molecule has 3 rings (SSSR count). The quantitative estimate of drug-likeness (QED) is 0.556. The van der Waals surface area contributed by atoms with Gasteiger partial charge in [0.05, 0.1) is 0 Å². The van der Waals surface area contributed by atoms with Crippen LogP contribution in [0.15, 0.2) is 42.5 Å². The molecule has 0 aromatic heterocycles. The molecule has 0 saturated heterocycles. The van der Waals surface area contributed by atoms with Crippen molar-refractivity contribution < 1.29 is 9.59 Å². The first-order valence-electron chi connectivity index (χ1n) is 6.33. The van der Waals surface area contributed by atoms with Crippen LogP contribution in [-0.4, -0.2) is 11.6 Å². The molecule has 0 fully saturated rings. The van der Waals surface area contributed by atoms with Crippen molar-refractivity contribution in [2.75, 3.05) is 0 Å². The minimum atomic E-state index is -0.386. The van der Waals surface area contributed by atoms with E-state index in [-0.39, 0.29) is 17.5 Å². The van der Waals surface area contributed by atoms with Gasteiger partial charge in [-0.3, -0.25) is 9.59 Å². The molecule has 2 aliphatic carbocycles. The summed E-state index contributed by atoms with van der Waals surface area (Å²) in [6.07, 6.45) is 9.16. The molecule has 0 spiro atoms. The van der Waals surface area contributed by atoms with Gasteiger partial charge in [-0.05, 0) is 36.5 Å². The summed E-state index contributed by atoms with van der Waals surface area (Å²) in [5.41, 5.74) is 2.49. The van der Waals surface area contributed by atoms with Crippen LogP contribution in [0, 0.1) is 5.92 Å². The summed E-state index contributed by atoms with van der Waals surface area (Å²) in [6, 6.07) is 7.41. The predicted molar refractivity (Wildman–Crippen MR) is 70.2 cm³/mol. The van der Waals surface area contributed by atoms with Crippen molar-refractivity contribution in [3.63, 3.8) is 0 Å². The topological polar surface area (TPSA) is 34.1 Å². The number of allylic oxidation sites excluding steroid dienone is 4. The van der Waals surface area contributed by atoms with Crippen molar-refractivity contribution in [3.05, 3.63) is 53.6 Å². The number of rotatable bonds is 1. The summed E-state index contributed by atoms with van der Waals surface area (Å²) in [6.45, 7) is 0. The number of carbonyl (C=O) groups is 2. The van der Waals surface area contributed by atoms with Gasteiger partial charge in [0.25, 0.3) is 0 Å². The number of hydrogen-bond acceptors (Lipinski definition) is 2. The lowest BCUT2D eigenvalue weighted by atomic mass is 9.79. The maximum Gasteiger partial charge on any atom is 0.233 e. The van der Waals surface area contributed by atoms with E-state index in [0.29, 0.717) is 5.56 Å². The molecule has 0 aliphatic heterocycles. The van der Waals surface area contributed by atoms with Gasteiger partial charge >= 0.3 is 0 Å². The van der Waals surface area contributed by atoms with Crippen molar-refractivity contribution >= 4 is 17.1 Å². The zero-order chi connectivity index (χ0) is 12.5. The highest BCUT2D eigenvalue weighted by Crippen LogP contribution is 2.35. The van der Waals surface area contributed by atoms with Crippen molar-refractivity contribution in [1.29, 1.82) is 0 Å². The van der Waals surface area contributed by atoms with E-state index in [1.54, 1.807) is 6.07 Å². The lowest BCUT2D eigenvalue weighted by molar-refractivity contribution is -0.111. The molecule has 0 unspecified atom stereocenters. The second kappa shape index (κ2) is 4.37. The van der Waals surface area contributed by atoms with Crippen LogP contribution >= 0.6 is 0 Å². The van der Waals surface area contributed by atoms with E-state index < -0.39 is 0 Å². The predicted octanol–water partition coefficient (Wildman–Crippen LogP) is 3.19. The van der Waals surface area contributed by atoms with Crippen LogP contribution in [0.2, 0.25) is 0 Å². The molecule has 90 valence electrons. The fourth-order valence-electron chi connectivity index (χ4n) is 2.73. The Bertz CT molecular complexity index is 579. The summed E-state index contributed by atoms with van der Waals surface area (Å²) in [4.78, 5) is 23.6. The van der Waals surface area contributed by atoms with Gasteiger partial charge in [0.1, 0.15) is 0 Å². The lowest BCUT2D eigenvalue weighted by Crippen LogP contribution is -2.21. The highest BCUT2D eigenvalue weighted by Gasteiger charge is 2.28. The Balaban J connectivity index is 2.11. The molecule has 0 heterocycles. The van der Waals surface area contributed by atoms with Gasteiger partial charge in [0.2, 0.25) is 11.6 Å². The Morgan fingerprint density at radius 1 is 1.06 bits per heavy atom. The molecule has 2 heteroatoms. The average molecular weight is 238 g/mol. The summed E-state index contributed by atoms with van der Waals surface area (Å²) in [7, 11) is 0. The van der Waals surface area contributed by atoms with E-state index in [1.807, 2.05) is 18.2 Å². The van der Waals surface area contributed by atoms with Crippen LogP contribution in [0.3, 0.4) is 0 Å². The van der Waals surface area contributed by atoms with Crippen LogP contribution in [0.5, 0.6) is 0 Å². The fourth-order valence-corrected chi connectivity index (χ4v) is 2.73.